The number of hydrogen-bond donors (Lipinski definition) is 2. The molecule has 0 saturated heterocycles. The molecule has 2 aromatic carbocycles. The standard InChI is InChI=1S/C17H17N3O/c18-15-8-5-13(6-9-15)17(21)20-19-16-10-7-12-3-1-2-4-14(12)11-16/h1-6,8-9H,7,10-11,18H2,(H,20,21)/b19-16-. The summed E-state index contributed by atoms with van der Waals surface area (Å²) in [5, 5.41) is 4.27. The molecule has 0 atom stereocenters. The van der Waals surface area contributed by atoms with Crippen LogP contribution in [0.2, 0.25) is 0 Å². The lowest BCUT2D eigenvalue weighted by Crippen LogP contribution is -2.22. The third-order valence-corrected chi connectivity index (χ3v) is 3.68. The van der Waals surface area contributed by atoms with Gasteiger partial charge in [0, 0.05) is 23.4 Å². The van der Waals surface area contributed by atoms with Crippen molar-refractivity contribution in [2.75, 3.05) is 5.73 Å². The molecule has 1 amide bonds. The Hall–Kier alpha value is -2.62. The number of hydrazone groups is 1. The van der Waals surface area contributed by atoms with Gasteiger partial charge in [0.1, 0.15) is 0 Å². The van der Waals surface area contributed by atoms with Crippen molar-refractivity contribution in [1.82, 2.24) is 5.43 Å². The first-order chi connectivity index (χ1) is 10.2. The van der Waals surface area contributed by atoms with Gasteiger partial charge in [-0.2, -0.15) is 5.10 Å². The number of nitrogen functional groups attached to an aromatic ring is 1. The van der Waals surface area contributed by atoms with Gasteiger partial charge in [-0.1, -0.05) is 24.3 Å². The second-order valence-corrected chi connectivity index (χ2v) is 5.19. The van der Waals surface area contributed by atoms with Crippen LogP contribution in [0, 0.1) is 0 Å². The summed E-state index contributed by atoms with van der Waals surface area (Å²) in [5.74, 6) is -0.207. The Balaban J connectivity index is 1.67. The zero-order valence-corrected chi connectivity index (χ0v) is 11.7. The summed E-state index contributed by atoms with van der Waals surface area (Å²) in [6, 6.07) is 15.2. The van der Waals surface area contributed by atoms with E-state index in [9.17, 15) is 4.79 Å². The monoisotopic (exact) mass is 279 g/mol. The first-order valence-electron chi connectivity index (χ1n) is 7.00. The highest BCUT2D eigenvalue weighted by molar-refractivity contribution is 5.96. The molecule has 4 heteroatoms. The van der Waals surface area contributed by atoms with Crippen molar-refractivity contribution in [2.45, 2.75) is 19.3 Å². The molecule has 0 bridgehead atoms. The highest BCUT2D eigenvalue weighted by atomic mass is 16.2. The van der Waals surface area contributed by atoms with E-state index in [2.05, 4.69) is 28.7 Å². The van der Waals surface area contributed by atoms with Crippen LogP contribution < -0.4 is 11.2 Å². The Morgan fingerprint density at radius 2 is 1.71 bits per heavy atom. The van der Waals surface area contributed by atoms with Gasteiger partial charge in [0.2, 0.25) is 0 Å². The maximum absolute atomic E-state index is 12.0. The fourth-order valence-electron chi connectivity index (χ4n) is 2.49. The Labute approximate surface area is 123 Å². The smallest absolute Gasteiger partial charge is 0.271 e. The molecule has 1 aliphatic rings. The van der Waals surface area contributed by atoms with E-state index < -0.39 is 0 Å². The van der Waals surface area contributed by atoms with Crippen molar-refractivity contribution in [3.8, 4) is 0 Å². The van der Waals surface area contributed by atoms with Gasteiger partial charge in [-0.05, 0) is 48.2 Å². The normalized spacial score (nSPS) is 15.5. The molecule has 3 N–H and O–H groups in total. The predicted molar refractivity (Wildman–Crippen MR) is 84.2 cm³/mol. The van der Waals surface area contributed by atoms with Crippen LogP contribution in [0.1, 0.15) is 27.9 Å². The van der Waals surface area contributed by atoms with E-state index in [4.69, 9.17) is 5.73 Å². The molecule has 0 fully saturated rings. The van der Waals surface area contributed by atoms with Crippen molar-refractivity contribution in [2.24, 2.45) is 5.10 Å². The highest BCUT2D eigenvalue weighted by Gasteiger charge is 2.14. The minimum Gasteiger partial charge on any atom is -0.399 e. The molecule has 0 aromatic heterocycles. The Kier molecular flexibility index (Phi) is 3.69. The molecule has 0 heterocycles. The van der Waals surface area contributed by atoms with Crippen LogP contribution in [0.15, 0.2) is 53.6 Å². The Morgan fingerprint density at radius 1 is 1.00 bits per heavy atom. The number of rotatable bonds is 2. The second-order valence-electron chi connectivity index (χ2n) is 5.19. The Bertz CT molecular complexity index is 689. The fraction of sp³-hybridized carbons (Fsp3) is 0.176. The van der Waals surface area contributed by atoms with Crippen molar-refractivity contribution in [1.29, 1.82) is 0 Å². The molecule has 4 nitrogen and oxygen atoms in total. The molecule has 21 heavy (non-hydrogen) atoms. The van der Waals surface area contributed by atoms with E-state index in [1.807, 2.05) is 6.07 Å². The van der Waals surface area contributed by atoms with Gasteiger partial charge in [0.25, 0.3) is 5.91 Å². The number of carbonyl (C=O) groups is 1. The molecule has 3 rings (SSSR count). The quantitative estimate of drug-likeness (QED) is 0.655. The molecule has 0 aliphatic heterocycles. The number of fused-ring (bicyclic) bond motifs is 1. The molecule has 0 saturated carbocycles. The number of carbonyl (C=O) groups excluding carboxylic acids is 1. The minimum absolute atomic E-state index is 0.207. The third-order valence-electron chi connectivity index (χ3n) is 3.68. The van der Waals surface area contributed by atoms with Gasteiger partial charge < -0.3 is 5.73 Å². The van der Waals surface area contributed by atoms with Gasteiger partial charge in [0.05, 0.1) is 0 Å². The molecule has 0 radical (unpaired) electrons. The van der Waals surface area contributed by atoms with Crippen molar-refractivity contribution >= 4 is 17.3 Å². The first kappa shape index (κ1) is 13.4. The van der Waals surface area contributed by atoms with Crippen LogP contribution in [-0.2, 0) is 12.8 Å². The lowest BCUT2D eigenvalue weighted by Gasteiger charge is -2.17. The van der Waals surface area contributed by atoms with Gasteiger partial charge >= 0.3 is 0 Å². The molecular weight excluding hydrogens is 262 g/mol. The summed E-state index contributed by atoms with van der Waals surface area (Å²) in [4.78, 5) is 12.0. The fourth-order valence-corrected chi connectivity index (χ4v) is 2.49. The number of benzene rings is 2. The van der Waals surface area contributed by atoms with Gasteiger partial charge in [-0.25, -0.2) is 5.43 Å². The minimum atomic E-state index is -0.207. The largest absolute Gasteiger partial charge is 0.399 e. The van der Waals surface area contributed by atoms with E-state index in [0.717, 1.165) is 25.0 Å². The van der Waals surface area contributed by atoms with Crippen LogP contribution in [-0.4, -0.2) is 11.6 Å². The SMILES string of the molecule is Nc1ccc(C(=O)N/N=C2/CCc3ccccc3C2)cc1. The number of nitrogens with zero attached hydrogens (tertiary/aromatic N) is 1. The van der Waals surface area contributed by atoms with E-state index in [-0.39, 0.29) is 5.91 Å². The van der Waals surface area contributed by atoms with Crippen LogP contribution in [0.4, 0.5) is 5.69 Å². The number of aryl methyl sites for hydroxylation is 1. The van der Waals surface area contributed by atoms with Gasteiger partial charge in [0.15, 0.2) is 0 Å². The van der Waals surface area contributed by atoms with Crippen molar-refractivity contribution in [3.05, 3.63) is 65.2 Å². The number of nitrogens with two attached hydrogens (primary N) is 1. The average molecular weight is 279 g/mol. The van der Waals surface area contributed by atoms with Crippen molar-refractivity contribution < 1.29 is 4.79 Å². The number of amides is 1. The van der Waals surface area contributed by atoms with Crippen molar-refractivity contribution in [3.63, 3.8) is 0 Å². The van der Waals surface area contributed by atoms with E-state index in [0.29, 0.717) is 11.3 Å². The predicted octanol–water partition coefficient (Wildman–Crippen LogP) is 2.54. The zero-order chi connectivity index (χ0) is 14.7. The third kappa shape index (κ3) is 3.11. The highest BCUT2D eigenvalue weighted by Crippen LogP contribution is 2.19. The number of anilines is 1. The first-order valence-corrected chi connectivity index (χ1v) is 7.00. The van der Waals surface area contributed by atoms with E-state index in [1.54, 1.807) is 24.3 Å². The van der Waals surface area contributed by atoms with Gasteiger partial charge in [-0.3, -0.25) is 4.79 Å². The number of hydrogen-bond acceptors (Lipinski definition) is 3. The van der Waals surface area contributed by atoms with Crippen LogP contribution in [0.5, 0.6) is 0 Å². The lowest BCUT2D eigenvalue weighted by molar-refractivity contribution is 0.0954. The maximum Gasteiger partial charge on any atom is 0.271 e. The molecule has 0 unspecified atom stereocenters. The Morgan fingerprint density at radius 3 is 2.48 bits per heavy atom. The summed E-state index contributed by atoms with van der Waals surface area (Å²) in [6.07, 6.45) is 2.67. The van der Waals surface area contributed by atoms with E-state index in [1.165, 1.54) is 11.1 Å². The van der Waals surface area contributed by atoms with Gasteiger partial charge in [-0.15, -0.1) is 0 Å². The van der Waals surface area contributed by atoms with Crippen LogP contribution in [0.25, 0.3) is 0 Å². The molecular formula is C17H17N3O. The average Bonchev–Trinajstić information content (AvgIpc) is 2.53. The zero-order valence-electron chi connectivity index (χ0n) is 11.7. The van der Waals surface area contributed by atoms with E-state index >= 15 is 0 Å². The maximum atomic E-state index is 12.0. The summed E-state index contributed by atoms with van der Waals surface area (Å²) >= 11 is 0. The second kappa shape index (κ2) is 5.79. The molecule has 106 valence electrons. The van der Waals surface area contributed by atoms with Crippen LogP contribution in [0.3, 0.4) is 0 Å². The molecule has 1 aliphatic carbocycles. The summed E-state index contributed by atoms with van der Waals surface area (Å²) in [7, 11) is 0. The summed E-state index contributed by atoms with van der Waals surface area (Å²) < 4.78 is 0. The molecule has 2 aromatic rings. The summed E-state index contributed by atoms with van der Waals surface area (Å²) in [6.45, 7) is 0. The summed E-state index contributed by atoms with van der Waals surface area (Å²) in [5.41, 5.74) is 13.1. The number of nitrogens with one attached hydrogen (secondary N) is 1. The topological polar surface area (TPSA) is 67.5 Å². The molecule has 0 spiro atoms. The van der Waals surface area contributed by atoms with Crippen LogP contribution >= 0.6 is 0 Å². The lowest BCUT2D eigenvalue weighted by atomic mass is 9.90.